The van der Waals surface area contributed by atoms with Gasteiger partial charge in [-0.1, -0.05) is 13.8 Å². The number of nitrogens with two attached hydrogens (primary N) is 1. The van der Waals surface area contributed by atoms with Crippen molar-refractivity contribution in [3.8, 4) is 0 Å². The lowest BCUT2D eigenvalue weighted by atomic mass is 9.90. The Morgan fingerprint density at radius 1 is 1.43 bits per heavy atom. The topological polar surface area (TPSA) is 92.7 Å². The van der Waals surface area contributed by atoms with Gasteiger partial charge in [0.1, 0.15) is 0 Å². The van der Waals surface area contributed by atoms with Crippen LogP contribution in [-0.2, 0) is 10.0 Å². The average Bonchev–Trinajstić information content (AvgIpc) is 3.00. The third-order valence-corrected chi connectivity index (χ3v) is 6.88. The molecule has 21 heavy (non-hydrogen) atoms. The van der Waals surface area contributed by atoms with Crippen molar-refractivity contribution in [1.29, 1.82) is 0 Å². The van der Waals surface area contributed by atoms with Crippen LogP contribution in [0.3, 0.4) is 0 Å². The van der Waals surface area contributed by atoms with Crippen molar-refractivity contribution in [3.63, 3.8) is 0 Å². The molecule has 9 heteroatoms. The van der Waals surface area contributed by atoms with Gasteiger partial charge in [-0.15, -0.1) is 11.3 Å². The van der Waals surface area contributed by atoms with Gasteiger partial charge in [-0.3, -0.25) is 4.40 Å². The van der Waals surface area contributed by atoms with Crippen molar-refractivity contribution in [3.05, 3.63) is 11.6 Å². The van der Waals surface area contributed by atoms with Crippen LogP contribution in [0.25, 0.3) is 4.96 Å². The van der Waals surface area contributed by atoms with E-state index in [1.165, 1.54) is 11.3 Å². The van der Waals surface area contributed by atoms with Crippen LogP contribution in [0.2, 0.25) is 0 Å². The van der Waals surface area contributed by atoms with Crippen LogP contribution in [0, 0.1) is 11.8 Å². The molecule has 0 spiro atoms. The summed E-state index contributed by atoms with van der Waals surface area (Å²) >= 11 is 1.37. The molecule has 3 heterocycles. The maximum atomic E-state index is 13.0. The van der Waals surface area contributed by atoms with E-state index in [-0.39, 0.29) is 10.8 Å². The van der Waals surface area contributed by atoms with Crippen LogP contribution in [-0.4, -0.2) is 35.2 Å². The summed E-state index contributed by atoms with van der Waals surface area (Å²) in [5.41, 5.74) is 2.41. The van der Waals surface area contributed by atoms with Gasteiger partial charge in [-0.2, -0.15) is 9.29 Å². The Hall–Kier alpha value is -1.16. The quantitative estimate of drug-likeness (QED) is 0.655. The lowest BCUT2D eigenvalue weighted by molar-refractivity contribution is 0.212. The fourth-order valence-electron chi connectivity index (χ4n) is 2.67. The second-order valence-corrected chi connectivity index (χ2v) is 8.30. The second-order valence-electron chi connectivity index (χ2n) is 5.57. The summed E-state index contributed by atoms with van der Waals surface area (Å²) < 4.78 is 29.1. The van der Waals surface area contributed by atoms with Crippen LogP contribution in [0.5, 0.6) is 0 Å². The number of nitrogens with zero attached hydrogens (tertiary/aromatic N) is 3. The fraction of sp³-hybridized carbons (Fsp3) is 0.583. The summed E-state index contributed by atoms with van der Waals surface area (Å²) in [5.74, 6) is 6.53. The maximum absolute atomic E-state index is 13.0. The number of sulfonamides is 1. The molecule has 2 atom stereocenters. The predicted molar refractivity (Wildman–Crippen MR) is 82.6 cm³/mol. The van der Waals surface area contributed by atoms with Gasteiger partial charge in [0.2, 0.25) is 5.03 Å². The van der Waals surface area contributed by atoms with E-state index in [9.17, 15) is 8.42 Å². The minimum Gasteiger partial charge on any atom is -0.306 e. The molecule has 3 N–H and O–H groups in total. The predicted octanol–water partition coefficient (Wildman–Crippen LogP) is 1.35. The summed E-state index contributed by atoms with van der Waals surface area (Å²) in [6, 6.07) is 0. The van der Waals surface area contributed by atoms with E-state index in [0.717, 1.165) is 6.42 Å². The SMILES string of the molecule is CC1CCN(S(=O)(=O)c2c(NN)nc3sccn23)CC1C. The molecule has 0 aliphatic carbocycles. The van der Waals surface area contributed by atoms with E-state index >= 15 is 0 Å². The molecule has 2 aromatic rings. The monoisotopic (exact) mass is 329 g/mol. The zero-order chi connectivity index (χ0) is 15.2. The minimum atomic E-state index is -3.62. The van der Waals surface area contributed by atoms with Gasteiger partial charge in [-0.25, -0.2) is 14.3 Å². The van der Waals surface area contributed by atoms with Crippen molar-refractivity contribution in [2.75, 3.05) is 18.5 Å². The second kappa shape index (κ2) is 5.24. The first-order valence-corrected chi connectivity index (χ1v) is 9.19. The molecular weight excluding hydrogens is 310 g/mol. The van der Waals surface area contributed by atoms with E-state index in [1.807, 2.05) is 5.38 Å². The third-order valence-electron chi connectivity index (χ3n) is 4.24. The van der Waals surface area contributed by atoms with Crippen molar-refractivity contribution < 1.29 is 8.42 Å². The van der Waals surface area contributed by atoms with Crippen LogP contribution >= 0.6 is 11.3 Å². The van der Waals surface area contributed by atoms with Crippen molar-refractivity contribution >= 4 is 32.1 Å². The van der Waals surface area contributed by atoms with Gasteiger partial charge in [0.25, 0.3) is 10.0 Å². The number of aromatic nitrogens is 2. The summed E-state index contributed by atoms with van der Waals surface area (Å²) in [6.45, 7) is 5.32. The minimum absolute atomic E-state index is 0.128. The number of anilines is 1. The van der Waals surface area contributed by atoms with Gasteiger partial charge in [0.05, 0.1) is 0 Å². The molecule has 1 fully saturated rings. The van der Waals surface area contributed by atoms with Crippen LogP contribution in [0.1, 0.15) is 20.3 Å². The molecule has 0 aromatic carbocycles. The maximum Gasteiger partial charge on any atom is 0.262 e. The zero-order valence-electron chi connectivity index (χ0n) is 12.0. The average molecular weight is 329 g/mol. The Balaban J connectivity index is 2.06. The Labute approximate surface area is 127 Å². The van der Waals surface area contributed by atoms with E-state index in [0.29, 0.717) is 29.9 Å². The van der Waals surface area contributed by atoms with Crippen LogP contribution < -0.4 is 11.3 Å². The normalized spacial score (nSPS) is 24.5. The molecule has 0 radical (unpaired) electrons. The number of piperidine rings is 1. The van der Waals surface area contributed by atoms with E-state index in [2.05, 4.69) is 24.3 Å². The van der Waals surface area contributed by atoms with Crippen molar-refractivity contribution in [2.24, 2.45) is 17.7 Å². The number of hydrogen-bond acceptors (Lipinski definition) is 6. The largest absolute Gasteiger partial charge is 0.306 e. The molecule has 0 amide bonds. The standard InChI is InChI=1S/C12H19N5O2S2/c1-8-3-4-16(7-9(8)2)21(18,19)11-10(15-13)14-12-17(11)5-6-20-12/h5-6,8-9,15H,3-4,7,13H2,1-2H3. The number of fused-ring (bicyclic) bond motifs is 1. The molecule has 1 aliphatic rings. The first kappa shape index (κ1) is 14.8. The zero-order valence-corrected chi connectivity index (χ0v) is 13.6. The highest BCUT2D eigenvalue weighted by atomic mass is 32.2. The number of thiazole rings is 1. The highest BCUT2D eigenvalue weighted by Crippen LogP contribution is 2.31. The first-order valence-electron chi connectivity index (χ1n) is 6.87. The number of rotatable bonds is 3. The highest BCUT2D eigenvalue weighted by molar-refractivity contribution is 7.89. The number of hydrazine groups is 1. The molecule has 1 saturated heterocycles. The lowest BCUT2D eigenvalue weighted by Gasteiger charge is -2.34. The third kappa shape index (κ3) is 2.33. The molecule has 2 aromatic heterocycles. The smallest absolute Gasteiger partial charge is 0.262 e. The molecule has 1 aliphatic heterocycles. The molecule has 7 nitrogen and oxygen atoms in total. The summed E-state index contributed by atoms with van der Waals surface area (Å²) in [7, 11) is -3.62. The highest BCUT2D eigenvalue weighted by Gasteiger charge is 2.36. The summed E-state index contributed by atoms with van der Waals surface area (Å²) in [6.07, 6.45) is 2.58. The van der Waals surface area contributed by atoms with E-state index in [4.69, 9.17) is 5.84 Å². The first-order chi connectivity index (χ1) is 9.95. The van der Waals surface area contributed by atoms with Gasteiger partial charge in [0.15, 0.2) is 10.8 Å². The van der Waals surface area contributed by atoms with Crippen molar-refractivity contribution in [2.45, 2.75) is 25.3 Å². The Bertz CT molecular complexity index is 751. The molecule has 0 bridgehead atoms. The Kier molecular flexibility index (Phi) is 3.68. The van der Waals surface area contributed by atoms with Crippen LogP contribution in [0.4, 0.5) is 5.82 Å². The Morgan fingerprint density at radius 2 is 2.19 bits per heavy atom. The van der Waals surface area contributed by atoms with E-state index < -0.39 is 10.0 Å². The number of nitrogen functional groups attached to an aromatic ring is 1. The molecule has 3 rings (SSSR count). The van der Waals surface area contributed by atoms with Gasteiger partial charge in [-0.05, 0) is 18.3 Å². The number of hydrogen-bond donors (Lipinski definition) is 2. The lowest BCUT2D eigenvalue weighted by Crippen LogP contribution is -2.42. The van der Waals surface area contributed by atoms with E-state index in [1.54, 1.807) is 14.9 Å². The number of nitrogens with one attached hydrogen (secondary N) is 1. The summed E-state index contributed by atoms with van der Waals surface area (Å²) in [5, 5.41) is 1.94. The molecular formula is C12H19N5O2S2. The van der Waals surface area contributed by atoms with Gasteiger partial charge in [0, 0.05) is 24.7 Å². The molecule has 116 valence electrons. The van der Waals surface area contributed by atoms with Crippen LogP contribution in [0.15, 0.2) is 16.6 Å². The van der Waals surface area contributed by atoms with Gasteiger partial charge >= 0.3 is 0 Å². The Morgan fingerprint density at radius 3 is 2.86 bits per heavy atom. The van der Waals surface area contributed by atoms with Gasteiger partial charge < -0.3 is 5.43 Å². The molecule has 0 saturated carbocycles. The fourth-order valence-corrected chi connectivity index (χ4v) is 5.21. The number of imidazole rings is 1. The molecule has 2 unspecified atom stereocenters. The summed E-state index contributed by atoms with van der Waals surface area (Å²) in [4.78, 5) is 4.84. The van der Waals surface area contributed by atoms with Crippen molar-refractivity contribution in [1.82, 2.24) is 13.7 Å².